The van der Waals surface area contributed by atoms with Crippen molar-refractivity contribution in [2.24, 2.45) is 0 Å². The van der Waals surface area contributed by atoms with Crippen LogP contribution in [-0.4, -0.2) is 37.6 Å². The van der Waals surface area contributed by atoms with Gasteiger partial charge in [0, 0.05) is 18.7 Å². The fraction of sp³-hybridized carbons (Fsp3) is 0.200. The van der Waals surface area contributed by atoms with Gasteiger partial charge in [0.2, 0.25) is 15.9 Å². The van der Waals surface area contributed by atoms with Crippen molar-refractivity contribution in [1.82, 2.24) is 15.2 Å². The summed E-state index contributed by atoms with van der Waals surface area (Å²) in [5, 5.41) is 0. The van der Waals surface area contributed by atoms with Crippen molar-refractivity contribution in [3.05, 3.63) is 102 Å². The van der Waals surface area contributed by atoms with Crippen molar-refractivity contribution in [2.45, 2.75) is 23.7 Å². The molecule has 4 rings (SSSR count). The highest BCUT2D eigenvalue weighted by Gasteiger charge is 2.27. The molecule has 0 aromatic heterocycles. The van der Waals surface area contributed by atoms with Crippen LogP contribution < -0.4 is 10.9 Å². The highest BCUT2D eigenvalue weighted by atomic mass is 32.2. The second kappa shape index (κ2) is 9.97. The van der Waals surface area contributed by atoms with Crippen LogP contribution in [0.5, 0.6) is 0 Å². The lowest BCUT2D eigenvalue weighted by atomic mass is 9.91. The average Bonchev–Trinajstić information content (AvgIpc) is 3.40. The van der Waals surface area contributed by atoms with E-state index in [1.807, 2.05) is 60.7 Å². The summed E-state index contributed by atoms with van der Waals surface area (Å²) in [4.78, 5) is 25.7. The molecule has 8 heteroatoms. The fourth-order valence-electron chi connectivity index (χ4n) is 3.90. The summed E-state index contributed by atoms with van der Waals surface area (Å²) in [6.45, 7) is 1.03. The van der Waals surface area contributed by atoms with E-state index in [1.54, 1.807) is 0 Å². The van der Waals surface area contributed by atoms with Gasteiger partial charge in [-0.1, -0.05) is 60.7 Å². The Kier molecular flexibility index (Phi) is 6.86. The van der Waals surface area contributed by atoms with Crippen molar-refractivity contribution < 1.29 is 18.0 Å². The van der Waals surface area contributed by atoms with Crippen LogP contribution in [0.25, 0.3) is 0 Å². The molecule has 7 nitrogen and oxygen atoms in total. The second-order valence-corrected chi connectivity index (χ2v) is 9.77. The summed E-state index contributed by atoms with van der Waals surface area (Å²) >= 11 is 0. The van der Waals surface area contributed by atoms with Gasteiger partial charge in [-0.25, -0.2) is 8.42 Å². The lowest BCUT2D eigenvalue weighted by Gasteiger charge is -2.18. The van der Waals surface area contributed by atoms with Gasteiger partial charge in [0.15, 0.2) is 0 Å². The number of sulfonamides is 1. The van der Waals surface area contributed by atoms with Gasteiger partial charge in [-0.15, -0.1) is 0 Å². The third-order valence-electron chi connectivity index (χ3n) is 5.65. The number of nitrogens with one attached hydrogen (secondary N) is 2. The predicted molar refractivity (Wildman–Crippen MR) is 125 cm³/mol. The number of rotatable bonds is 6. The minimum atomic E-state index is -3.55. The van der Waals surface area contributed by atoms with E-state index in [0.29, 0.717) is 13.1 Å². The predicted octanol–water partition coefficient (Wildman–Crippen LogP) is 3.06. The maximum absolute atomic E-state index is 13.0. The van der Waals surface area contributed by atoms with Crippen molar-refractivity contribution in [2.75, 3.05) is 13.1 Å². The zero-order valence-corrected chi connectivity index (χ0v) is 18.8. The van der Waals surface area contributed by atoms with E-state index < -0.39 is 21.8 Å². The van der Waals surface area contributed by atoms with Crippen molar-refractivity contribution in [3.8, 4) is 0 Å². The van der Waals surface area contributed by atoms with Gasteiger partial charge in [0.1, 0.15) is 0 Å². The smallest absolute Gasteiger partial charge is 0.269 e. The first-order valence-electron chi connectivity index (χ1n) is 10.8. The monoisotopic (exact) mass is 463 g/mol. The molecule has 1 aliphatic heterocycles. The second-order valence-electron chi connectivity index (χ2n) is 7.83. The number of amides is 2. The molecule has 1 aliphatic rings. The molecule has 33 heavy (non-hydrogen) atoms. The van der Waals surface area contributed by atoms with Gasteiger partial charge in [-0.3, -0.25) is 20.4 Å². The topological polar surface area (TPSA) is 95.6 Å². The summed E-state index contributed by atoms with van der Waals surface area (Å²) in [5.41, 5.74) is 6.77. The Balaban J connectivity index is 1.44. The van der Waals surface area contributed by atoms with E-state index in [2.05, 4.69) is 10.9 Å². The SMILES string of the molecule is O=C(NNC(=O)C(c1ccccc1)c1ccccc1)c1ccc(S(=O)(=O)N2CCCC2)cc1. The molecule has 0 bridgehead atoms. The first-order valence-corrected chi connectivity index (χ1v) is 12.2. The summed E-state index contributed by atoms with van der Waals surface area (Å²) in [5.74, 6) is -1.51. The minimum Gasteiger partial charge on any atom is -0.272 e. The molecule has 1 saturated heterocycles. The standard InChI is InChI=1S/C25H25N3O4S/c29-24(21-13-15-22(16-14-21)33(31,32)28-17-7-8-18-28)26-27-25(30)23(19-9-3-1-4-10-19)20-11-5-2-6-12-20/h1-6,9-16,23H,7-8,17-18H2,(H,26,29)(H,27,30). The Morgan fingerprint density at radius 3 is 1.76 bits per heavy atom. The van der Waals surface area contributed by atoms with Crippen LogP contribution in [0.15, 0.2) is 89.8 Å². The highest BCUT2D eigenvalue weighted by Crippen LogP contribution is 2.24. The third-order valence-corrected chi connectivity index (χ3v) is 7.56. The molecular weight excluding hydrogens is 438 g/mol. The molecule has 3 aromatic carbocycles. The summed E-state index contributed by atoms with van der Waals surface area (Å²) in [6.07, 6.45) is 1.71. The third kappa shape index (κ3) is 5.13. The van der Waals surface area contributed by atoms with Crippen LogP contribution in [0.2, 0.25) is 0 Å². The maximum Gasteiger partial charge on any atom is 0.269 e. The molecule has 170 valence electrons. The molecule has 0 atom stereocenters. The van der Waals surface area contributed by atoms with Gasteiger partial charge in [-0.2, -0.15) is 4.31 Å². The van der Waals surface area contributed by atoms with Gasteiger partial charge >= 0.3 is 0 Å². The van der Waals surface area contributed by atoms with E-state index in [1.165, 1.54) is 28.6 Å². The van der Waals surface area contributed by atoms with Crippen molar-refractivity contribution >= 4 is 21.8 Å². The molecule has 2 amide bonds. The lowest BCUT2D eigenvalue weighted by molar-refractivity contribution is -0.122. The van der Waals surface area contributed by atoms with Crippen LogP contribution >= 0.6 is 0 Å². The molecule has 0 unspecified atom stereocenters. The number of benzene rings is 3. The molecule has 2 N–H and O–H groups in total. The quantitative estimate of drug-likeness (QED) is 0.549. The summed E-state index contributed by atoms with van der Waals surface area (Å²) in [6, 6.07) is 24.3. The number of nitrogens with zero attached hydrogens (tertiary/aromatic N) is 1. The summed E-state index contributed by atoms with van der Waals surface area (Å²) < 4.78 is 26.7. The van der Waals surface area contributed by atoms with E-state index >= 15 is 0 Å². The average molecular weight is 464 g/mol. The van der Waals surface area contributed by atoms with Crippen molar-refractivity contribution in [3.63, 3.8) is 0 Å². The molecular formula is C25H25N3O4S. The van der Waals surface area contributed by atoms with Crippen molar-refractivity contribution in [1.29, 1.82) is 0 Å². The number of carbonyl (C=O) groups is 2. The number of hydrogen-bond donors (Lipinski definition) is 2. The summed E-state index contributed by atoms with van der Waals surface area (Å²) in [7, 11) is -3.55. The minimum absolute atomic E-state index is 0.151. The zero-order chi connectivity index (χ0) is 23.3. The molecule has 3 aromatic rings. The van der Waals surface area contributed by atoms with Gasteiger partial charge in [0.05, 0.1) is 10.8 Å². The highest BCUT2D eigenvalue weighted by molar-refractivity contribution is 7.89. The number of carbonyl (C=O) groups excluding carboxylic acids is 2. The Morgan fingerprint density at radius 1 is 0.727 bits per heavy atom. The molecule has 0 radical (unpaired) electrons. The van der Waals surface area contributed by atoms with Crippen LogP contribution in [0.3, 0.4) is 0 Å². The first-order chi connectivity index (χ1) is 16.0. The fourth-order valence-corrected chi connectivity index (χ4v) is 5.42. The van der Waals surface area contributed by atoms with E-state index in [9.17, 15) is 18.0 Å². The Hall–Kier alpha value is -3.49. The van der Waals surface area contributed by atoms with E-state index in [4.69, 9.17) is 0 Å². The Bertz CT molecular complexity index is 1170. The number of hydrogen-bond acceptors (Lipinski definition) is 4. The van der Waals surface area contributed by atoms with Gasteiger partial charge < -0.3 is 0 Å². The first kappa shape index (κ1) is 22.7. The molecule has 0 spiro atoms. The van der Waals surface area contributed by atoms with E-state index in [-0.39, 0.29) is 16.4 Å². The Morgan fingerprint density at radius 2 is 1.24 bits per heavy atom. The molecule has 1 fully saturated rings. The van der Waals surface area contributed by atoms with Crippen LogP contribution in [0, 0.1) is 0 Å². The van der Waals surface area contributed by atoms with E-state index in [0.717, 1.165) is 24.0 Å². The lowest BCUT2D eigenvalue weighted by Crippen LogP contribution is -2.44. The number of hydrazine groups is 1. The van der Waals surface area contributed by atoms with Crippen LogP contribution in [0.1, 0.15) is 40.2 Å². The van der Waals surface area contributed by atoms with Gasteiger partial charge in [0.25, 0.3) is 5.91 Å². The van der Waals surface area contributed by atoms with Gasteiger partial charge in [-0.05, 0) is 48.2 Å². The molecule has 0 aliphatic carbocycles. The Labute approximate surface area is 193 Å². The normalized spacial score (nSPS) is 14.2. The molecule has 0 saturated carbocycles. The van der Waals surface area contributed by atoms with Crippen LogP contribution in [-0.2, 0) is 14.8 Å². The molecule has 1 heterocycles. The largest absolute Gasteiger partial charge is 0.272 e. The van der Waals surface area contributed by atoms with Crippen LogP contribution in [0.4, 0.5) is 0 Å². The maximum atomic E-state index is 13.0. The zero-order valence-electron chi connectivity index (χ0n) is 18.0.